The van der Waals surface area contributed by atoms with Crippen molar-refractivity contribution < 1.29 is 0 Å². The molecule has 0 saturated heterocycles. The largest absolute Gasteiger partial charge is 0.0985 e. The van der Waals surface area contributed by atoms with Crippen LogP contribution in [0.3, 0.4) is 0 Å². The molecule has 0 nitrogen and oxygen atoms in total. The maximum absolute atomic E-state index is 3.77. The molecule has 0 radical (unpaired) electrons. The quantitative estimate of drug-likeness (QED) is 0.648. The smallest absolute Gasteiger partial charge is 0.0230 e. The molecule has 0 spiro atoms. The predicted molar refractivity (Wildman–Crippen MR) is 66.5 cm³/mol. The van der Waals surface area contributed by atoms with Crippen LogP contribution in [-0.4, -0.2) is 0 Å². The molecular formula is C14H22. The van der Waals surface area contributed by atoms with Crippen molar-refractivity contribution in [2.24, 2.45) is 0 Å². The Hall–Kier alpha value is -1.04. The Labute approximate surface area is 88.7 Å². The lowest BCUT2D eigenvalue weighted by Gasteiger charge is -2.02. The van der Waals surface area contributed by atoms with E-state index >= 15 is 0 Å². The summed E-state index contributed by atoms with van der Waals surface area (Å²) in [6, 6.07) is 8.41. The van der Waals surface area contributed by atoms with Crippen molar-refractivity contribution in [3.05, 3.63) is 42.0 Å². The summed E-state index contributed by atoms with van der Waals surface area (Å²) in [5.41, 5.74) is 2.68. The third-order valence-electron chi connectivity index (χ3n) is 1.79. The molecule has 0 aliphatic carbocycles. The zero-order valence-electron chi connectivity index (χ0n) is 9.72. The van der Waals surface area contributed by atoms with Crippen molar-refractivity contribution in [3.8, 4) is 0 Å². The van der Waals surface area contributed by atoms with Crippen molar-refractivity contribution in [1.82, 2.24) is 0 Å². The second kappa shape index (κ2) is 8.55. The van der Waals surface area contributed by atoms with Crippen molar-refractivity contribution in [3.63, 3.8) is 0 Å². The molecule has 1 rings (SSSR count). The lowest BCUT2D eigenvalue weighted by atomic mass is 10.0. The van der Waals surface area contributed by atoms with Gasteiger partial charge in [-0.3, -0.25) is 0 Å². The monoisotopic (exact) mass is 190 g/mol. The number of hydrogen-bond acceptors (Lipinski definition) is 0. The van der Waals surface area contributed by atoms with Gasteiger partial charge in [-0.05, 0) is 17.5 Å². The fourth-order valence-corrected chi connectivity index (χ4v) is 1.23. The number of aryl methyl sites for hydroxylation is 1. The number of rotatable bonds is 3. The van der Waals surface area contributed by atoms with Crippen LogP contribution in [0.25, 0.3) is 6.08 Å². The average Bonchev–Trinajstić information content (AvgIpc) is 2.20. The van der Waals surface area contributed by atoms with E-state index in [1.54, 1.807) is 0 Å². The minimum atomic E-state index is 1.15. The van der Waals surface area contributed by atoms with Crippen molar-refractivity contribution >= 4 is 6.08 Å². The van der Waals surface area contributed by atoms with Gasteiger partial charge in [0.1, 0.15) is 0 Å². The van der Waals surface area contributed by atoms with E-state index in [1.165, 1.54) is 24.0 Å². The van der Waals surface area contributed by atoms with Gasteiger partial charge in [0.15, 0.2) is 0 Å². The minimum absolute atomic E-state index is 1.15. The van der Waals surface area contributed by atoms with Gasteiger partial charge in [-0.1, -0.05) is 70.5 Å². The molecule has 0 heterocycles. The number of hydrogen-bond donors (Lipinski definition) is 0. The molecule has 0 unspecified atom stereocenters. The Balaban J connectivity index is 0.000000500. The second-order valence-electron chi connectivity index (χ2n) is 3.36. The van der Waals surface area contributed by atoms with E-state index in [2.05, 4.69) is 51.6 Å². The molecule has 0 amide bonds. The van der Waals surface area contributed by atoms with Crippen LogP contribution in [0.5, 0.6) is 0 Å². The zero-order valence-corrected chi connectivity index (χ0v) is 9.72. The molecule has 0 bridgehead atoms. The van der Waals surface area contributed by atoms with Gasteiger partial charge < -0.3 is 0 Å². The Morgan fingerprint density at radius 1 is 1.14 bits per heavy atom. The molecule has 0 fully saturated rings. The maximum Gasteiger partial charge on any atom is -0.0230 e. The van der Waals surface area contributed by atoms with Gasteiger partial charge in [0.05, 0.1) is 0 Å². The third-order valence-corrected chi connectivity index (χ3v) is 1.79. The highest BCUT2D eigenvalue weighted by atomic mass is 14.0. The van der Waals surface area contributed by atoms with Crippen LogP contribution in [0.1, 0.15) is 44.7 Å². The van der Waals surface area contributed by atoms with E-state index in [1.807, 2.05) is 6.08 Å². The van der Waals surface area contributed by atoms with Gasteiger partial charge in [-0.15, -0.1) is 0 Å². The highest BCUT2D eigenvalue weighted by Gasteiger charge is 1.94. The van der Waals surface area contributed by atoms with E-state index in [-0.39, 0.29) is 0 Å². The first-order chi connectivity index (χ1) is 6.79. The molecule has 1 aromatic carbocycles. The van der Waals surface area contributed by atoms with Gasteiger partial charge in [0.25, 0.3) is 0 Å². The average molecular weight is 190 g/mol. The summed E-state index contributed by atoms with van der Waals surface area (Å²) in [5, 5.41) is 0. The van der Waals surface area contributed by atoms with Crippen LogP contribution in [0.15, 0.2) is 30.8 Å². The summed E-state index contributed by atoms with van der Waals surface area (Å²) in [4.78, 5) is 0. The lowest BCUT2D eigenvalue weighted by Crippen LogP contribution is -1.86. The van der Waals surface area contributed by atoms with E-state index in [0.29, 0.717) is 0 Å². The third kappa shape index (κ3) is 4.86. The first kappa shape index (κ1) is 13.0. The Morgan fingerprint density at radius 3 is 2.21 bits per heavy atom. The van der Waals surface area contributed by atoms with E-state index in [4.69, 9.17) is 0 Å². The molecule has 1 aromatic rings. The summed E-state index contributed by atoms with van der Waals surface area (Å²) in [6.07, 6.45) is 5.53. The van der Waals surface area contributed by atoms with Crippen LogP contribution >= 0.6 is 0 Å². The second-order valence-corrected chi connectivity index (χ2v) is 3.36. The van der Waals surface area contributed by atoms with Gasteiger partial charge >= 0.3 is 0 Å². The van der Waals surface area contributed by atoms with E-state index in [0.717, 1.165) is 6.42 Å². The molecular weight excluding hydrogens is 168 g/mol. The summed E-state index contributed by atoms with van der Waals surface area (Å²) < 4.78 is 0. The summed E-state index contributed by atoms with van der Waals surface area (Å²) in [7, 11) is 0. The molecule has 78 valence electrons. The normalized spacial score (nSPS) is 8.79. The highest BCUT2D eigenvalue weighted by molar-refractivity contribution is 5.51. The molecule has 0 saturated carbocycles. The zero-order chi connectivity index (χ0) is 10.8. The maximum atomic E-state index is 3.77. The lowest BCUT2D eigenvalue weighted by molar-refractivity contribution is 0.919. The number of benzene rings is 1. The fourth-order valence-electron chi connectivity index (χ4n) is 1.23. The Kier molecular flexibility index (Phi) is 7.92. The van der Waals surface area contributed by atoms with Crippen LogP contribution in [0.4, 0.5) is 0 Å². The molecule has 0 aliphatic heterocycles. The standard InChI is InChI=1S/C11H14.C3H8/c1-3-7-11-9-6-5-8-10(11)4-2;1-3-2/h4-6,8-9H,2-3,7H2,1H3;3H2,1-2H3. The van der Waals surface area contributed by atoms with Crippen LogP contribution < -0.4 is 0 Å². The Morgan fingerprint density at radius 2 is 1.71 bits per heavy atom. The fraction of sp³-hybridized carbons (Fsp3) is 0.429. The highest BCUT2D eigenvalue weighted by Crippen LogP contribution is 2.11. The summed E-state index contributed by atoms with van der Waals surface area (Å²) in [5.74, 6) is 0. The van der Waals surface area contributed by atoms with Crippen molar-refractivity contribution in [1.29, 1.82) is 0 Å². The van der Waals surface area contributed by atoms with Crippen molar-refractivity contribution in [2.75, 3.05) is 0 Å². The molecule has 0 aliphatic rings. The van der Waals surface area contributed by atoms with Crippen molar-refractivity contribution in [2.45, 2.75) is 40.0 Å². The van der Waals surface area contributed by atoms with E-state index in [9.17, 15) is 0 Å². The first-order valence-electron chi connectivity index (χ1n) is 5.50. The van der Waals surface area contributed by atoms with Crippen LogP contribution in [0.2, 0.25) is 0 Å². The topological polar surface area (TPSA) is 0 Å². The minimum Gasteiger partial charge on any atom is -0.0985 e. The molecule has 0 aromatic heterocycles. The van der Waals surface area contributed by atoms with Gasteiger partial charge in [-0.25, -0.2) is 0 Å². The first-order valence-corrected chi connectivity index (χ1v) is 5.50. The predicted octanol–water partition coefficient (Wildman–Crippen LogP) is 4.70. The van der Waals surface area contributed by atoms with E-state index < -0.39 is 0 Å². The SMILES string of the molecule is C=Cc1ccccc1CCC.CCC. The van der Waals surface area contributed by atoms with Crippen LogP contribution in [0, 0.1) is 0 Å². The summed E-state index contributed by atoms with van der Waals surface area (Å²) >= 11 is 0. The Bertz CT molecular complexity index is 248. The van der Waals surface area contributed by atoms with Gasteiger partial charge in [0.2, 0.25) is 0 Å². The van der Waals surface area contributed by atoms with Gasteiger partial charge in [-0.2, -0.15) is 0 Å². The van der Waals surface area contributed by atoms with Crippen LogP contribution in [-0.2, 0) is 6.42 Å². The summed E-state index contributed by atoms with van der Waals surface area (Å²) in [6.45, 7) is 10.2. The molecule has 0 heteroatoms. The molecule has 0 N–H and O–H groups in total. The van der Waals surface area contributed by atoms with Gasteiger partial charge in [0, 0.05) is 0 Å². The molecule has 0 atom stereocenters. The molecule has 14 heavy (non-hydrogen) atoms.